The van der Waals surface area contributed by atoms with Crippen LogP contribution in [0, 0.1) is 0 Å². The molecule has 2 fully saturated rings. The molecule has 1 aliphatic carbocycles. The second-order valence-corrected chi connectivity index (χ2v) is 9.80. The Bertz CT molecular complexity index is 1250. The molecule has 38 heavy (non-hydrogen) atoms. The summed E-state index contributed by atoms with van der Waals surface area (Å²) in [5.41, 5.74) is 3.36. The van der Waals surface area contributed by atoms with Gasteiger partial charge >= 0.3 is 5.97 Å². The van der Waals surface area contributed by atoms with E-state index in [-0.39, 0.29) is 24.3 Å². The number of amides is 1. The van der Waals surface area contributed by atoms with Gasteiger partial charge < -0.3 is 19.1 Å². The van der Waals surface area contributed by atoms with Gasteiger partial charge in [-0.2, -0.15) is 0 Å². The zero-order valence-corrected chi connectivity index (χ0v) is 22.0. The second-order valence-electron chi connectivity index (χ2n) is 9.80. The summed E-state index contributed by atoms with van der Waals surface area (Å²) in [6.07, 6.45) is 5.17. The summed E-state index contributed by atoms with van der Waals surface area (Å²) in [6.45, 7) is 3.22. The molecule has 9 nitrogen and oxygen atoms in total. The van der Waals surface area contributed by atoms with Gasteiger partial charge in [-0.3, -0.25) is 4.79 Å². The van der Waals surface area contributed by atoms with Crippen molar-refractivity contribution in [2.75, 3.05) is 25.2 Å². The molecule has 0 bridgehead atoms. The molecule has 200 valence electrons. The third-order valence-corrected chi connectivity index (χ3v) is 7.35. The normalized spacial score (nSPS) is 19.4. The largest absolute Gasteiger partial charge is 0.497 e. The van der Waals surface area contributed by atoms with Gasteiger partial charge in [-0.25, -0.2) is 9.48 Å². The zero-order chi connectivity index (χ0) is 26.5. The first-order valence-corrected chi connectivity index (χ1v) is 13.4. The average Bonchev–Trinajstić information content (AvgIpc) is 3.55. The minimum absolute atomic E-state index is 0.0472. The van der Waals surface area contributed by atoms with Gasteiger partial charge in [0.05, 0.1) is 20.3 Å². The predicted octanol–water partition coefficient (Wildman–Crippen LogP) is 4.74. The molecule has 1 saturated heterocycles. The number of esters is 1. The number of hydrogen-bond donors (Lipinski definition) is 0. The van der Waals surface area contributed by atoms with E-state index in [4.69, 9.17) is 14.2 Å². The summed E-state index contributed by atoms with van der Waals surface area (Å²) in [6, 6.07) is 16.1. The Hall–Kier alpha value is -3.88. The zero-order valence-electron chi connectivity index (χ0n) is 22.0. The number of anilines is 1. The lowest BCUT2D eigenvalue weighted by Crippen LogP contribution is -2.26. The van der Waals surface area contributed by atoms with Crippen LogP contribution in [-0.2, 0) is 16.1 Å². The second kappa shape index (κ2) is 11.7. The Morgan fingerprint density at radius 3 is 2.39 bits per heavy atom. The maximum atomic E-state index is 12.6. The summed E-state index contributed by atoms with van der Waals surface area (Å²) < 4.78 is 18.5. The molecule has 2 heterocycles. The number of rotatable bonds is 9. The molecule has 1 saturated carbocycles. The fourth-order valence-electron chi connectivity index (χ4n) is 5.28. The third kappa shape index (κ3) is 5.66. The van der Waals surface area contributed by atoms with Crippen LogP contribution in [0.4, 0.5) is 5.69 Å². The van der Waals surface area contributed by atoms with Crippen molar-refractivity contribution < 1.29 is 23.8 Å². The lowest BCUT2D eigenvalue weighted by atomic mass is 9.82. The van der Waals surface area contributed by atoms with Crippen LogP contribution in [0.2, 0.25) is 0 Å². The molecule has 0 radical (unpaired) electrons. The number of methoxy groups -OCH3 is 1. The van der Waals surface area contributed by atoms with E-state index in [9.17, 15) is 9.59 Å². The number of hydrogen-bond acceptors (Lipinski definition) is 7. The molecule has 1 amide bonds. The Morgan fingerprint density at radius 2 is 1.76 bits per heavy atom. The molecule has 1 aliphatic heterocycles. The lowest BCUT2D eigenvalue weighted by Gasteiger charge is -2.29. The van der Waals surface area contributed by atoms with Crippen LogP contribution < -0.4 is 14.4 Å². The summed E-state index contributed by atoms with van der Waals surface area (Å²) in [5.74, 6) is 1.23. The van der Waals surface area contributed by atoms with Crippen LogP contribution in [0.3, 0.4) is 0 Å². The Balaban J connectivity index is 1.25. The fourth-order valence-corrected chi connectivity index (χ4v) is 5.28. The molecule has 0 atom stereocenters. The highest BCUT2D eigenvalue weighted by Gasteiger charge is 2.29. The van der Waals surface area contributed by atoms with Crippen LogP contribution in [0.1, 0.15) is 73.0 Å². The molecule has 0 spiro atoms. The molecule has 2 aliphatic rings. The van der Waals surface area contributed by atoms with E-state index in [1.54, 1.807) is 18.7 Å². The monoisotopic (exact) mass is 518 g/mol. The van der Waals surface area contributed by atoms with Crippen LogP contribution in [0.15, 0.2) is 48.5 Å². The summed E-state index contributed by atoms with van der Waals surface area (Å²) in [4.78, 5) is 26.5. The first kappa shape index (κ1) is 25.8. The number of benzene rings is 2. The SMILES string of the molecule is CCOC(=O)c1nnn(Cc2ccc(OC)cc2)c1O[C@H]1CC[C@@H](c2ccc(N3CCCC3=O)cc2)CC1. The first-order valence-electron chi connectivity index (χ1n) is 13.4. The van der Waals surface area contributed by atoms with Gasteiger partial charge in [0.2, 0.25) is 17.5 Å². The van der Waals surface area contributed by atoms with E-state index in [0.29, 0.717) is 24.8 Å². The minimum Gasteiger partial charge on any atom is -0.497 e. The van der Waals surface area contributed by atoms with Crippen molar-refractivity contribution in [1.29, 1.82) is 0 Å². The third-order valence-electron chi connectivity index (χ3n) is 7.35. The standard InChI is InChI=1S/C29H34N4O5/c1-3-37-29(35)27-28(33(31-30-27)19-20-6-14-24(36-2)15-7-20)38-25-16-10-22(11-17-25)21-8-12-23(13-9-21)32-18-4-5-26(32)34/h6-9,12-15,22,25H,3-5,10-11,16-19H2,1-2H3/t22-,25+. The topological polar surface area (TPSA) is 95.8 Å². The lowest BCUT2D eigenvalue weighted by molar-refractivity contribution is -0.117. The van der Waals surface area contributed by atoms with Gasteiger partial charge in [0.25, 0.3) is 0 Å². The minimum atomic E-state index is -0.534. The van der Waals surface area contributed by atoms with E-state index in [1.807, 2.05) is 29.2 Å². The van der Waals surface area contributed by atoms with Gasteiger partial charge in [-0.1, -0.05) is 29.5 Å². The molecular formula is C29H34N4O5. The smallest absolute Gasteiger partial charge is 0.364 e. The summed E-state index contributed by atoms with van der Waals surface area (Å²) >= 11 is 0. The highest BCUT2D eigenvalue weighted by atomic mass is 16.5. The van der Waals surface area contributed by atoms with Crippen LogP contribution in [0.5, 0.6) is 11.6 Å². The first-order chi connectivity index (χ1) is 18.6. The molecule has 5 rings (SSSR count). The molecule has 0 unspecified atom stereocenters. The highest BCUT2D eigenvalue weighted by molar-refractivity contribution is 5.95. The maximum absolute atomic E-state index is 12.6. The molecule has 3 aromatic rings. The quantitative estimate of drug-likeness (QED) is 0.378. The number of ether oxygens (including phenoxy) is 3. The number of carbonyl (C=O) groups excluding carboxylic acids is 2. The fraction of sp³-hybridized carbons (Fsp3) is 0.448. The van der Waals surface area contributed by atoms with Gasteiger partial charge in [-0.05, 0) is 80.3 Å². The molecule has 9 heteroatoms. The predicted molar refractivity (Wildman–Crippen MR) is 142 cm³/mol. The summed E-state index contributed by atoms with van der Waals surface area (Å²) in [7, 11) is 1.63. The number of aromatic nitrogens is 3. The van der Waals surface area contributed by atoms with Crippen molar-refractivity contribution in [2.45, 2.75) is 64.0 Å². The summed E-state index contributed by atoms with van der Waals surface area (Å²) in [5, 5.41) is 8.31. The van der Waals surface area contributed by atoms with Gasteiger partial charge in [0.1, 0.15) is 11.9 Å². The van der Waals surface area contributed by atoms with E-state index in [1.165, 1.54) is 5.56 Å². The Kier molecular flexibility index (Phi) is 7.91. The van der Waals surface area contributed by atoms with Crippen molar-refractivity contribution in [3.05, 3.63) is 65.4 Å². The van der Waals surface area contributed by atoms with Crippen molar-refractivity contribution >= 4 is 17.6 Å². The Labute approximate surface area is 222 Å². The van der Waals surface area contributed by atoms with Crippen molar-refractivity contribution in [1.82, 2.24) is 15.0 Å². The highest BCUT2D eigenvalue weighted by Crippen LogP contribution is 2.36. The van der Waals surface area contributed by atoms with Crippen molar-refractivity contribution in [3.8, 4) is 11.6 Å². The Morgan fingerprint density at radius 1 is 1.03 bits per heavy atom. The number of nitrogens with zero attached hydrogens (tertiary/aromatic N) is 4. The van der Waals surface area contributed by atoms with E-state index in [2.05, 4.69) is 34.6 Å². The molecular weight excluding hydrogens is 484 g/mol. The number of carbonyl (C=O) groups is 2. The molecule has 0 N–H and O–H groups in total. The molecule has 2 aromatic carbocycles. The van der Waals surface area contributed by atoms with E-state index >= 15 is 0 Å². The average molecular weight is 519 g/mol. The van der Waals surface area contributed by atoms with E-state index < -0.39 is 5.97 Å². The van der Waals surface area contributed by atoms with Crippen LogP contribution in [0.25, 0.3) is 0 Å². The van der Waals surface area contributed by atoms with Gasteiger partial charge in [0.15, 0.2) is 0 Å². The molecule has 1 aromatic heterocycles. The van der Waals surface area contributed by atoms with Crippen molar-refractivity contribution in [3.63, 3.8) is 0 Å². The van der Waals surface area contributed by atoms with Crippen LogP contribution >= 0.6 is 0 Å². The van der Waals surface area contributed by atoms with Gasteiger partial charge in [0, 0.05) is 18.7 Å². The maximum Gasteiger partial charge on any atom is 0.364 e. The van der Waals surface area contributed by atoms with Crippen LogP contribution in [-0.4, -0.2) is 53.2 Å². The van der Waals surface area contributed by atoms with Crippen molar-refractivity contribution in [2.24, 2.45) is 0 Å². The van der Waals surface area contributed by atoms with Gasteiger partial charge in [-0.15, -0.1) is 5.10 Å². The van der Waals surface area contributed by atoms with E-state index in [0.717, 1.165) is 55.6 Å².